The number of hydrogen-bond donors (Lipinski definition) is 0. The van der Waals surface area contributed by atoms with Crippen molar-refractivity contribution in [3.8, 4) is 11.5 Å². The Morgan fingerprint density at radius 3 is 1.89 bits per heavy atom. The van der Waals surface area contributed by atoms with Crippen LogP contribution in [0.5, 0.6) is 11.5 Å². The number of rotatable bonds is 7. The topological polar surface area (TPSA) is 27.7 Å². The minimum absolute atomic E-state index is 0.150. The van der Waals surface area contributed by atoms with Crippen molar-refractivity contribution in [1.29, 1.82) is 0 Å². The second kappa shape index (κ2) is 8.54. The quantitative estimate of drug-likeness (QED) is 0.450. The Hall–Kier alpha value is -1.05. The molecule has 154 valence electrons. The van der Waals surface area contributed by atoms with Crippen molar-refractivity contribution >= 4 is 22.7 Å². The van der Waals surface area contributed by atoms with E-state index in [2.05, 4.69) is 85.9 Å². The van der Waals surface area contributed by atoms with Gasteiger partial charge < -0.3 is 13.6 Å². The molecule has 0 unspecified atom stereocenters. The van der Waals surface area contributed by atoms with E-state index in [9.17, 15) is 0 Å². The highest BCUT2D eigenvalue weighted by Gasteiger charge is 2.39. The zero-order valence-corrected chi connectivity index (χ0v) is 21.3. The first kappa shape index (κ1) is 24.0. The Balaban J connectivity index is 2.86. The van der Waals surface area contributed by atoms with E-state index in [0.717, 1.165) is 17.1 Å². The number of benzene rings is 1. The third-order valence-corrected chi connectivity index (χ3v) is 14.9. The molecule has 1 aromatic carbocycles. The lowest BCUT2D eigenvalue weighted by Crippen LogP contribution is -2.43. The second-order valence-corrected chi connectivity index (χ2v) is 19.8. The predicted molar refractivity (Wildman–Crippen MR) is 123 cm³/mol. The summed E-state index contributed by atoms with van der Waals surface area (Å²) < 4.78 is 18.2. The molecule has 0 saturated carbocycles. The van der Waals surface area contributed by atoms with Crippen LogP contribution in [0.2, 0.25) is 36.3 Å². The molecule has 0 amide bonds. The summed E-state index contributed by atoms with van der Waals surface area (Å²) >= 11 is 0. The van der Waals surface area contributed by atoms with Crippen molar-refractivity contribution in [2.45, 2.75) is 77.8 Å². The van der Waals surface area contributed by atoms with E-state index in [1.165, 1.54) is 0 Å². The van der Waals surface area contributed by atoms with Gasteiger partial charge in [-0.3, -0.25) is 0 Å². The third-order valence-electron chi connectivity index (χ3n) is 6.02. The molecule has 0 aromatic heterocycles. The Bertz CT molecular complexity index is 651. The molecule has 0 aliphatic heterocycles. The molecule has 0 atom stereocenters. The summed E-state index contributed by atoms with van der Waals surface area (Å²) in [5.74, 6) is 1.62. The smallest absolute Gasteiger partial charge is 0.250 e. The van der Waals surface area contributed by atoms with Crippen LogP contribution >= 0.6 is 0 Å². The lowest BCUT2D eigenvalue weighted by atomic mass is 10.2. The van der Waals surface area contributed by atoms with Crippen LogP contribution in [0.4, 0.5) is 0 Å². The minimum Gasteiger partial charge on any atom is -0.541 e. The highest BCUT2D eigenvalue weighted by molar-refractivity contribution is 6.75. The van der Waals surface area contributed by atoms with Gasteiger partial charge in [0.05, 0.1) is 13.7 Å². The Morgan fingerprint density at radius 2 is 1.41 bits per heavy atom. The molecule has 0 bridgehead atoms. The molecule has 0 aliphatic rings. The van der Waals surface area contributed by atoms with Gasteiger partial charge in [0.25, 0.3) is 8.32 Å². The van der Waals surface area contributed by atoms with Gasteiger partial charge >= 0.3 is 0 Å². The zero-order chi connectivity index (χ0) is 21.1. The summed E-state index contributed by atoms with van der Waals surface area (Å²) in [7, 11) is -1.90. The number of methoxy groups -OCH3 is 1. The summed E-state index contributed by atoms with van der Waals surface area (Å²) in [6.07, 6.45) is 4.18. The highest BCUT2D eigenvalue weighted by atomic mass is 28.4. The molecule has 3 nitrogen and oxygen atoms in total. The van der Waals surface area contributed by atoms with E-state index < -0.39 is 16.6 Å². The molecular formula is C22H40O3Si2. The summed E-state index contributed by atoms with van der Waals surface area (Å²) in [5.41, 5.74) is 1.09. The fourth-order valence-corrected chi connectivity index (χ4v) is 3.93. The van der Waals surface area contributed by atoms with Crippen LogP contribution in [0.1, 0.15) is 47.1 Å². The molecule has 0 N–H and O–H groups in total. The molecule has 27 heavy (non-hydrogen) atoms. The summed E-state index contributed by atoms with van der Waals surface area (Å²) in [6, 6.07) is 6.13. The monoisotopic (exact) mass is 408 g/mol. The molecule has 0 fully saturated rings. The standard InChI is InChI=1S/C22H40O3Si2/c1-21(2,3)26(8,9)24-16-12-13-18-14-15-19(20(17-18)23-7)25-27(10,11)22(4,5)6/h12-15,17H,16H2,1-11H3/b13-12+. The fraction of sp³-hybridized carbons (Fsp3) is 0.636. The second-order valence-electron chi connectivity index (χ2n) is 10.2. The van der Waals surface area contributed by atoms with Crippen molar-refractivity contribution in [1.82, 2.24) is 0 Å². The first-order chi connectivity index (χ1) is 12.1. The molecule has 0 heterocycles. The van der Waals surface area contributed by atoms with Crippen molar-refractivity contribution < 1.29 is 13.6 Å². The number of ether oxygens (including phenoxy) is 1. The molecule has 5 heteroatoms. The lowest BCUT2D eigenvalue weighted by molar-refractivity contribution is 0.328. The first-order valence-electron chi connectivity index (χ1n) is 9.78. The SMILES string of the molecule is COc1cc(/C=C/CO[Si](C)(C)C(C)(C)C)ccc1O[Si](C)(C)C(C)(C)C. The molecule has 0 radical (unpaired) electrons. The van der Waals surface area contributed by atoms with Crippen LogP contribution in [-0.4, -0.2) is 30.4 Å². The van der Waals surface area contributed by atoms with Gasteiger partial charge in [-0.1, -0.05) is 59.8 Å². The minimum atomic E-state index is -1.89. The first-order valence-corrected chi connectivity index (χ1v) is 15.6. The molecule has 1 rings (SSSR count). The van der Waals surface area contributed by atoms with Gasteiger partial charge in [0.2, 0.25) is 0 Å². The van der Waals surface area contributed by atoms with E-state index in [1.807, 2.05) is 12.1 Å². The van der Waals surface area contributed by atoms with Gasteiger partial charge in [-0.2, -0.15) is 0 Å². The van der Waals surface area contributed by atoms with Crippen molar-refractivity contribution in [3.63, 3.8) is 0 Å². The Labute approximate surface area is 169 Å². The van der Waals surface area contributed by atoms with Gasteiger partial charge in [0, 0.05) is 0 Å². The van der Waals surface area contributed by atoms with Gasteiger partial charge in [-0.05, 0) is 54.0 Å². The fourth-order valence-electron chi connectivity index (χ4n) is 1.96. The maximum Gasteiger partial charge on any atom is 0.250 e. The average molecular weight is 409 g/mol. The summed E-state index contributed by atoms with van der Waals surface area (Å²) in [5, 5.41) is 0.379. The Morgan fingerprint density at radius 1 is 0.852 bits per heavy atom. The van der Waals surface area contributed by atoms with E-state index >= 15 is 0 Å². The lowest BCUT2D eigenvalue weighted by Gasteiger charge is -2.36. The van der Waals surface area contributed by atoms with E-state index in [4.69, 9.17) is 13.6 Å². The van der Waals surface area contributed by atoms with Crippen molar-refractivity contribution in [2.75, 3.05) is 13.7 Å². The summed E-state index contributed by atoms with van der Waals surface area (Å²) in [4.78, 5) is 0. The van der Waals surface area contributed by atoms with Crippen LogP contribution in [-0.2, 0) is 4.43 Å². The summed E-state index contributed by atoms with van der Waals surface area (Å²) in [6.45, 7) is 23.2. The number of hydrogen-bond acceptors (Lipinski definition) is 3. The van der Waals surface area contributed by atoms with E-state index in [-0.39, 0.29) is 10.1 Å². The van der Waals surface area contributed by atoms with E-state index in [0.29, 0.717) is 6.61 Å². The largest absolute Gasteiger partial charge is 0.541 e. The van der Waals surface area contributed by atoms with Crippen molar-refractivity contribution in [2.24, 2.45) is 0 Å². The molecule has 0 saturated heterocycles. The highest BCUT2D eigenvalue weighted by Crippen LogP contribution is 2.40. The van der Waals surface area contributed by atoms with Crippen LogP contribution in [0, 0.1) is 0 Å². The average Bonchev–Trinajstić information content (AvgIpc) is 2.50. The molecule has 0 spiro atoms. The van der Waals surface area contributed by atoms with Crippen molar-refractivity contribution in [3.05, 3.63) is 29.8 Å². The van der Waals surface area contributed by atoms with Crippen LogP contribution < -0.4 is 9.16 Å². The maximum atomic E-state index is 6.42. The van der Waals surface area contributed by atoms with Crippen LogP contribution in [0.25, 0.3) is 6.08 Å². The normalized spacial score (nSPS) is 13.9. The van der Waals surface area contributed by atoms with Gasteiger partial charge in [0.15, 0.2) is 14.1 Å². The maximum absolute atomic E-state index is 6.42. The molecule has 0 aliphatic carbocycles. The van der Waals surface area contributed by atoms with Crippen LogP contribution in [0.3, 0.4) is 0 Å². The van der Waals surface area contributed by atoms with Crippen LogP contribution in [0.15, 0.2) is 24.3 Å². The zero-order valence-electron chi connectivity index (χ0n) is 19.3. The van der Waals surface area contributed by atoms with Gasteiger partial charge in [-0.15, -0.1) is 0 Å². The van der Waals surface area contributed by atoms with Gasteiger partial charge in [-0.25, -0.2) is 0 Å². The Kier molecular flexibility index (Phi) is 7.59. The molecular weight excluding hydrogens is 368 g/mol. The molecule has 1 aromatic rings. The third kappa shape index (κ3) is 6.51. The predicted octanol–water partition coefficient (Wildman–Crippen LogP) is 7.11. The van der Waals surface area contributed by atoms with E-state index in [1.54, 1.807) is 7.11 Å². The van der Waals surface area contributed by atoms with Gasteiger partial charge in [0.1, 0.15) is 5.75 Å².